The second kappa shape index (κ2) is 12.6. The summed E-state index contributed by atoms with van der Waals surface area (Å²) in [5.74, 6) is 0.0898. The molecule has 0 aliphatic carbocycles. The molecule has 2 aromatic carbocycles. The van der Waals surface area contributed by atoms with Crippen molar-refractivity contribution in [2.75, 3.05) is 13.2 Å². The molecule has 0 bridgehead atoms. The highest BCUT2D eigenvalue weighted by atomic mass is 35.5. The summed E-state index contributed by atoms with van der Waals surface area (Å²) in [6.07, 6.45) is 2.19. The smallest absolute Gasteiger partial charge is 0.261 e. The zero-order valence-corrected chi connectivity index (χ0v) is 19.8. The number of carbonyl (C=O) groups excluding carboxylic acids is 2. The van der Waals surface area contributed by atoms with Gasteiger partial charge < -0.3 is 15.0 Å². The molecule has 0 aliphatic rings. The quantitative estimate of drug-likeness (QED) is 0.492. The molecule has 0 aliphatic heterocycles. The van der Waals surface area contributed by atoms with Crippen LogP contribution in [0.15, 0.2) is 42.5 Å². The van der Waals surface area contributed by atoms with E-state index in [4.69, 9.17) is 27.9 Å². The number of hydrogen-bond acceptors (Lipinski definition) is 3. The SMILES string of the molecule is CCCNC(=O)[C@H](CC)N(Cc1c(Cl)cccc1Cl)C(=O)COc1ccc(CC)cc1. The van der Waals surface area contributed by atoms with Crippen LogP contribution in [-0.4, -0.2) is 35.9 Å². The molecule has 0 spiro atoms. The Kier molecular flexibility index (Phi) is 10.2. The molecule has 0 unspecified atom stereocenters. The Balaban J connectivity index is 2.23. The van der Waals surface area contributed by atoms with Gasteiger partial charge in [0.1, 0.15) is 11.8 Å². The van der Waals surface area contributed by atoms with E-state index < -0.39 is 6.04 Å². The van der Waals surface area contributed by atoms with Gasteiger partial charge in [-0.25, -0.2) is 0 Å². The fourth-order valence-electron chi connectivity index (χ4n) is 3.19. The van der Waals surface area contributed by atoms with E-state index in [1.165, 1.54) is 10.5 Å². The number of nitrogens with one attached hydrogen (secondary N) is 1. The zero-order valence-electron chi connectivity index (χ0n) is 18.3. The predicted octanol–water partition coefficient (Wildman–Crippen LogP) is 5.27. The van der Waals surface area contributed by atoms with Gasteiger partial charge in [-0.05, 0) is 49.1 Å². The Bertz CT molecular complexity index is 851. The molecular weight excluding hydrogens is 435 g/mol. The molecule has 2 aromatic rings. The van der Waals surface area contributed by atoms with E-state index in [1.54, 1.807) is 18.2 Å². The van der Waals surface area contributed by atoms with Crippen LogP contribution >= 0.6 is 23.2 Å². The highest BCUT2D eigenvalue weighted by Gasteiger charge is 2.29. The molecule has 0 aromatic heterocycles. The molecule has 168 valence electrons. The number of ether oxygens (including phenoxy) is 1. The number of carbonyl (C=O) groups is 2. The molecule has 7 heteroatoms. The first kappa shape index (κ1) is 25.0. The van der Waals surface area contributed by atoms with Gasteiger partial charge in [-0.1, -0.05) is 62.2 Å². The van der Waals surface area contributed by atoms with Crippen LogP contribution in [0.5, 0.6) is 5.75 Å². The summed E-state index contributed by atoms with van der Waals surface area (Å²) in [6, 6.07) is 12.1. The standard InChI is InChI=1S/C24H30Cl2N2O3/c1-4-14-27-24(30)22(6-3)28(15-19-20(25)8-7-9-21(19)26)23(29)16-31-18-12-10-17(5-2)11-13-18/h7-13,22H,4-6,14-16H2,1-3H3,(H,27,30)/t22-/m0/s1. The van der Waals surface area contributed by atoms with Crippen molar-refractivity contribution >= 4 is 35.0 Å². The third-order valence-electron chi connectivity index (χ3n) is 5.02. The topological polar surface area (TPSA) is 58.6 Å². The number of amides is 2. The van der Waals surface area contributed by atoms with E-state index in [0.717, 1.165) is 12.8 Å². The summed E-state index contributed by atoms with van der Waals surface area (Å²) < 4.78 is 5.71. The molecule has 2 amide bonds. The first-order chi connectivity index (χ1) is 14.9. The van der Waals surface area contributed by atoms with Crippen LogP contribution in [0, 0.1) is 0 Å². The van der Waals surface area contributed by atoms with Crippen molar-refractivity contribution in [2.45, 2.75) is 52.6 Å². The Labute approximate surface area is 194 Å². The van der Waals surface area contributed by atoms with Crippen LogP contribution < -0.4 is 10.1 Å². The summed E-state index contributed by atoms with van der Waals surface area (Å²) >= 11 is 12.7. The average molecular weight is 465 g/mol. The molecule has 1 N–H and O–H groups in total. The first-order valence-corrected chi connectivity index (χ1v) is 11.4. The van der Waals surface area contributed by atoms with Crippen LogP contribution in [0.1, 0.15) is 44.7 Å². The lowest BCUT2D eigenvalue weighted by molar-refractivity contribution is -0.143. The van der Waals surface area contributed by atoms with Gasteiger partial charge in [-0.3, -0.25) is 9.59 Å². The summed E-state index contributed by atoms with van der Waals surface area (Å²) in [7, 11) is 0. The number of rotatable bonds is 11. The number of benzene rings is 2. The highest BCUT2D eigenvalue weighted by molar-refractivity contribution is 6.36. The first-order valence-electron chi connectivity index (χ1n) is 10.6. The van der Waals surface area contributed by atoms with Crippen molar-refractivity contribution in [3.05, 3.63) is 63.6 Å². The van der Waals surface area contributed by atoms with E-state index in [0.29, 0.717) is 34.3 Å². The van der Waals surface area contributed by atoms with Gasteiger partial charge >= 0.3 is 0 Å². The number of aryl methyl sites for hydroxylation is 1. The average Bonchev–Trinajstić information content (AvgIpc) is 2.78. The van der Waals surface area contributed by atoms with Crippen LogP contribution in [0.4, 0.5) is 0 Å². The molecule has 0 fully saturated rings. The van der Waals surface area contributed by atoms with Gasteiger partial charge in [0.25, 0.3) is 5.91 Å². The minimum absolute atomic E-state index is 0.119. The third-order valence-corrected chi connectivity index (χ3v) is 5.73. The van der Waals surface area contributed by atoms with Crippen molar-refractivity contribution in [2.24, 2.45) is 0 Å². The maximum absolute atomic E-state index is 13.2. The van der Waals surface area contributed by atoms with Crippen LogP contribution in [-0.2, 0) is 22.6 Å². The largest absolute Gasteiger partial charge is 0.484 e. The van der Waals surface area contributed by atoms with E-state index in [-0.39, 0.29) is 25.0 Å². The summed E-state index contributed by atoms with van der Waals surface area (Å²) in [5.41, 5.74) is 1.79. The van der Waals surface area contributed by atoms with Crippen molar-refractivity contribution in [3.63, 3.8) is 0 Å². The number of nitrogens with zero attached hydrogens (tertiary/aromatic N) is 1. The summed E-state index contributed by atoms with van der Waals surface area (Å²) in [6.45, 7) is 6.40. The molecule has 0 saturated heterocycles. The molecule has 5 nitrogen and oxygen atoms in total. The molecule has 2 rings (SSSR count). The molecule has 1 atom stereocenters. The van der Waals surface area contributed by atoms with Gasteiger partial charge in [0.05, 0.1) is 0 Å². The molecule has 31 heavy (non-hydrogen) atoms. The lowest BCUT2D eigenvalue weighted by Crippen LogP contribution is -2.50. The van der Waals surface area contributed by atoms with E-state index in [9.17, 15) is 9.59 Å². The fraction of sp³-hybridized carbons (Fsp3) is 0.417. The Hall–Kier alpha value is -2.24. The molecule has 0 radical (unpaired) electrons. The molecular formula is C24H30Cl2N2O3. The van der Waals surface area contributed by atoms with Gasteiger partial charge in [0, 0.05) is 28.7 Å². The van der Waals surface area contributed by atoms with Crippen molar-refractivity contribution in [3.8, 4) is 5.75 Å². The van der Waals surface area contributed by atoms with E-state index in [2.05, 4.69) is 12.2 Å². The van der Waals surface area contributed by atoms with Crippen LogP contribution in [0.2, 0.25) is 10.0 Å². The zero-order chi connectivity index (χ0) is 22.8. The van der Waals surface area contributed by atoms with Crippen LogP contribution in [0.25, 0.3) is 0 Å². The Morgan fingerprint density at radius 1 is 1.03 bits per heavy atom. The second-order valence-corrected chi connectivity index (χ2v) is 8.04. The maximum atomic E-state index is 13.2. The monoisotopic (exact) mass is 464 g/mol. The summed E-state index contributed by atoms with van der Waals surface area (Å²) in [5, 5.41) is 3.78. The molecule has 0 saturated carbocycles. The predicted molar refractivity (Wildman–Crippen MR) is 126 cm³/mol. The normalized spacial score (nSPS) is 11.6. The van der Waals surface area contributed by atoms with E-state index in [1.807, 2.05) is 38.1 Å². The van der Waals surface area contributed by atoms with Gasteiger partial charge in [0.2, 0.25) is 5.91 Å². The number of halogens is 2. The van der Waals surface area contributed by atoms with Gasteiger partial charge in [-0.2, -0.15) is 0 Å². The maximum Gasteiger partial charge on any atom is 0.261 e. The van der Waals surface area contributed by atoms with Crippen molar-refractivity contribution in [1.29, 1.82) is 0 Å². The van der Waals surface area contributed by atoms with Crippen LogP contribution in [0.3, 0.4) is 0 Å². The van der Waals surface area contributed by atoms with E-state index >= 15 is 0 Å². The minimum atomic E-state index is -0.655. The van der Waals surface area contributed by atoms with Gasteiger partial charge in [-0.15, -0.1) is 0 Å². The van der Waals surface area contributed by atoms with Gasteiger partial charge in [0.15, 0.2) is 6.61 Å². The highest BCUT2D eigenvalue weighted by Crippen LogP contribution is 2.27. The number of hydrogen-bond donors (Lipinski definition) is 1. The molecule has 0 heterocycles. The van der Waals surface area contributed by atoms with Crippen molar-refractivity contribution < 1.29 is 14.3 Å². The lowest BCUT2D eigenvalue weighted by atomic mass is 10.1. The summed E-state index contributed by atoms with van der Waals surface area (Å²) in [4.78, 5) is 27.5. The second-order valence-electron chi connectivity index (χ2n) is 7.22. The van der Waals surface area contributed by atoms with Crippen molar-refractivity contribution in [1.82, 2.24) is 10.2 Å². The minimum Gasteiger partial charge on any atom is -0.484 e. The lowest BCUT2D eigenvalue weighted by Gasteiger charge is -2.31. The Morgan fingerprint density at radius 2 is 1.68 bits per heavy atom. The Morgan fingerprint density at radius 3 is 2.23 bits per heavy atom. The third kappa shape index (κ3) is 7.15. The fourth-order valence-corrected chi connectivity index (χ4v) is 3.71.